The van der Waals surface area contributed by atoms with Crippen LogP contribution in [0.15, 0.2) is 54.6 Å². The zero-order valence-electron chi connectivity index (χ0n) is 13.1. The van der Waals surface area contributed by atoms with Gasteiger partial charge < -0.3 is 4.90 Å². The summed E-state index contributed by atoms with van der Waals surface area (Å²) >= 11 is 11.5. The van der Waals surface area contributed by atoms with Crippen molar-refractivity contribution in [3.63, 3.8) is 0 Å². The molecule has 0 unspecified atom stereocenters. The van der Waals surface area contributed by atoms with Gasteiger partial charge in [-0.2, -0.15) is 0 Å². The Kier molecular flexibility index (Phi) is 7.60. The first-order valence-corrected chi connectivity index (χ1v) is 8.84. The number of alkyl halides is 2. The Bertz CT molecular complexity index is 593. The van der Waals surface area contributed by atoms with Crippen molar-refractivity contribution in [1.29, 1.82) is 0 Å². The minimum atomic E-state index is 0.152. The van der Waals surface area contributed by atoms with Crippen molar-refractivity contribution in [1.82, 2.24) is 4.90 Å². The molecule has 2 aromatic rings. The van der Waals surface area contributed by atoms with Gasteiger partial charge in [-0.1, -0.05) is 54.6 Å². The summed E-state index contributed by atoms with van der Waals surface area (Å²) in [6, 6.07) is 17.9. The van der Waals surface area contributed by atoms with E-state index in [4.69, 9.17) is 23.2 Å². The number of hydrogen-bond acceptors (Lipinski definition) is 2. The maximum Gasteiger partial charge on any atom is 0.164 e. The highest BCUT2D eigenvalue weighted by atomic mass is 35.5. The highest BCUT2D eigenvalue weighted by Crippen LogP contribution is 2.19. The van der Waals surface area contributed by atoms with Crippen LogP contribution >= 0.6 is 23.2 Å². The van der Waals surface area contributed by atoms with Gasteiger partial charge in [0, 0.05) is 43.4 Å². The molecule has 0 atom stereocenters. The third kappa shape index (κ3) is 5.65. The van der Waals surface area contributed by atoms with Gasteiger partial charge in [0.2, 0.25) is 0 Å². The van der Waals surface area contributed by atoms with Gasteiger partial charge in [-0.25, -0.2) is 0 Å². The van der Waals surface area contributed by atoms with E-state index >= 15 is 0 Å². The van der Waals surface area contributed by atoms with Crippen LogP contribution in [0, 0.1) is 0 Å². The Morgan fingerprint density at radius 2 is 1.35 bits per heavy atom. The molecule has 0 N–H and O–H groups in total. The van der Waals surface area contributed by atoms with Gasteiger partial charge in [0.1, 0.15) is 0 Å². The zero-order valence-corrected chi connectivity index (χ0v) is 14.6. The molecule has 0 saturated carbocycles. The van der Waals surface area contributed by atoms with Crippen molar-refractivity contribution in [2.24, 2.45) is 0 Å². The van der Waals surface area contributed by atoms with Crippen molar-refractivity contribution in [2.75, 3.05) is 31.4 Å². The molecule has 0 spiro atoms. The van der Waals surface area contributed by atoms with Gasteiger partial charge in [0.05, 0.1) is 0 Å². The van der Waals surface area contributed by atoms with Gasteiger partial charge in [-0.15, -0.1) is 23.2 Å². The molecule has 2 nitrogen and oxygen atoms in total. The first kappa shape index (κ1) is 18.0. The molecule has 0 aliphatic carbocycles. The van der Waals surface area contributed by atoms with Crippen molar-refractivity contribution in [2.45, 2.75) is 6.42 Å². The Hall–Kier alpha value is -1.35. The molecule has 4 heteroatoms. The number of carbonyl (C=O) groups is 1. The lowest BCUT2D eigenvalue weighted by molar-refractivity contribution is 0.0966. The number of rotatable bonds is 9. The average Bonchev–Trinajstić information content (AvgIpc) is 2.61. The van der Waals surface area contributed by atoms with E-state index in [0.717, 1.165) is 29.8 Å². The van der Waals surface area contributed by atoms with E-state index in [0.29, 0.717) is 24.7 Å². The van der Waals surface area contributed by atoms with Crippen LogP contribution in [0.2, 0.25) is 0 Å². The fourth-order valence-electron chi connectivity index (χ4n) is 2.46. The molecule has 0 aromatic heterocycles. The van der Waals surface area contributed by atoms with E-state index in [1.165, 1.54) is 0 Å². The molecule has 122 valence electrons. The lowest BCUT2D eigenvalue weighted by Crippen LogP contribution is -2.30. The molecule has 2 aromatic carbocycles. The molecule has 0 radical (unpaired) electrons. The minimum Gasteiger partial charge on any atom is -0.301 e. The van der Waals surface area contributed by atoms with Crippen LogP contribution in [0.25, 0.3) is 11.1 Å². The minimum absolute atomic E-state index is 0.152. The van der Waals surface area contributed by atoms with Gasteiger partial charge in [0.15, 0.2) is 5.78 Å². The van der Waals surface area contributed by atoms with Crippen LogP contribution in [0.1, 0.15) is 16.8 Å². The summed E-state index contributed by atoms with van der Waals surface area (Å²) in [5, 5.41) is 0. The highest BCUT2D eigenvalue weighted by molar-refractivity contribution is 6.18. The number of ketones is 1. The molecule has 23 heavy (non-hydrogen) atoms. The monoisotopic (exact) mass is 349 g/mol. The highest BCUT2D eigenvalue weighted by Gasteiger charge is 2.10. The van der Waals surface area contributed by atoms with Gasteiger partial charge in [-0.05, 0) is 11.1 Å². The normalized spacial score (nSPS) is 10.9. The van der Waals surface area contributed by atoms with E-state index in [9.17, 15) is 4.79 Å². The quantitative estimate of drug-likeness (QED) is 0.482. The second-order valence-corrected chi connectivity index (χ2v) is 6.09. The van der Waals surface area contributed by atoms with Crippen LogP contribution in [-0.2, 0) is 0 Å². The second-order valence-electron chi connectivity index (χ2n) is 5.34. The summed E-state index contributed by atoms with van der Waals surface area (Å²) in [5.41, 5.74) is 3.02. The Morgan fingerprint density at radius 1 is 0.783 bits per heavy atom. The molecule has 0 aliphatic heterocycles. The molecule has 0 saturated heterocycles. The van der Waals surface area contributed by atoms with Crippen molar-refractivity contribution in [3.05, 3.63) is 60.2 Å². The van der Waals surface area contributed by atoms with Gasteiger partial charge >= 0.3 is 0 Å². The lowest BCUT2D eigenvalue weighted by atomic mass is 10.0. The molecule has 2 rings (SSSR count). The lowest BCUT2D eigenvalue weighted by Gasteiger charge is -2.19. The summed E-state index contributed by atoms with van der Waals surface area (Å²) in [5.74, 6) is 1.26. The molecule has 0 amide bonds. The first-order chi connectivity index (χ1) is 11.2. The third-order valence-electron chi connectivity index (χ3n) is 3.77. The fourth-order valence-corrected chi connectivity index (χ4v) is 2.94. The molecule has 0 aliphatic rings. The number of Topliss-reactive ketones (excluding diaryl/α,β-unsaturated/α-hetero) is 1. The molecule has 0 bridgehead atoms. The summed E-state index contributed by atoms with van der Waals surface area (Å²) in [4.78, 5) is 14.4. The fraction of sp³-hybridized carbons (Fsp3) is 0.316. The average molecular weight is 350 g/mol. The summed E-state index contributed by atoms with van der Waals surface area (Å²) in [7, 11) is 0. The van der Waals surface area contributed by atoms with E-state index in [2.05, 4.69) is 17.0 Å². The third-order valence-corrected chi connectivity index (χ3v) is 4.11. The maximum atomic E-state index is 12.3. The van der Waals surface area contributed by atoms with Gasteiger partial charge in [0.25, 0.3) is 0 Å². The topological polar surface area (TPSA) is 20.3 Å². The van der Waals surface area contributed by atoms with Crippen LogP contribution < -0.4 is 0 Å². The van der Waals surface area contributed by atoms with Gasteiger partial charge in [-0.3, -0.25) is 4.79 Å². The van der Waals surface area contributed by atoms with Crippen LogP contribution in [0.4, 0.5) is 0 Å². The number of benzene rings is 2. The second kappa shape index (κ2) is 9.71. The Balaban J connectivity index is 1.95. The molecular weight excluding hydrogens is 329 g/mol. The van der Waals surface area contributed by atoms with E-state index in [1.54, 1.807) is 0 Å². The van der Waals surface area contributed by atoms with E-state index < -0.39 is 0 Å². The number of carbonyl (C=O) groups excluding carboxylic acids is 1. The summed E-state index contributed by atoms with van der Waals surface area (Å²) in [6.45, 7) is 2.21. The summed E-state index contributed by atoms with van der Waals surface area (Å²) < 4.78 is 0. The van der Waals surface area contributed by atoms with Crippen LogP contribution in [0.5, 0.6) is 0 Å². The SMILES string of the molecule is O=C(CCN(CCCl)CCCl)c1ccc(-c2ccccc2)cc1. The molecule has 0 fully saturated rings. The van der Waals surface area contributed by atoms with Crippen LogP contribution in [0.3, 0.4) is 0 Å². The Labute approximate surface area is 148 Å². The standard InChI is InChI=1S/C19H21Cl2NO/c20-11-14-22(15-12-21)13-10-19(23)18-8-6-17(7-9-18)16-4-2-1-3-5-16/h1-9H,10-15H2. The number of halogens is 2. The summed E-state index contributed by atoms with van der Waals surface area (Å²) in [6.07, 6.45) is 0.485. The number of nitrogens with zero attached hydrogens (tertiary/aromatic N) is 1. The van der Waals surface area contributed by atoms with E-state index in [1.807, 2.05) is 42.5 Å². The predicted octanol–water partition coefficient (Wildman–Crippen LogP) is 4.71. The largest absolute Gasteiger partial charge is 0.301 e. The molecular formula is C19H21Cl2NO. The maximum absolute atomic E-state index is 12.3. The Morgan fingerprint density at radius 3 is 1.91 bits per heavy atom. The number of hydrogen-bond donors (Lipinski definition) is 0. The first-order valence-electron chi connectivity index (χ1n) is 7.77. The molecule has 0 heterocycles. The zero-order chi connectivity index (χ0) is 16.5. The van der Waals surface area contributed by atoms with Crippen LogP contribution in [-0.4, -0.2) is 42.1 Å². The predicted molar refractivity (Wildman–Crippen MR) is 98.7 cm³/mol. The smallest absolute Gasteiger partial charge is 0.164 e. The van der Waals surface area contributed by atoms with Crippen molar-refractivity contribution >= 4 is 29.0 Å². The van der Waals surface area contributed by atoms with Crippen molar-refractivity contribution < 1.29 is 4.79 Å². The van der Waals surface area contributed by atoms with E-state index in [-0.39, 0.29) is 5.78 Å². The van der Waals surface area contributed by atoms with Crippen molar-refractivity contribution in [3.8, 4) is 11.1 Å².